The third kappa shape index (κ3) is 4.59. The van der Waals surface area contributed by atoms with Crippen molar-refractivity contribution in [2.75, 3.05) is 12.8 Å². The molecule has 0 radical (unpaired) electrons. The molecule has 2 N–H and O–H groups in total. The summed E-state index contributed by atoms with van der Waals surface area (Å²) in [5, 5.41) is 0. The van der Waals surface area contributed by atoms with Gasteiger partial charge < -0.3 is 9.55 Å². The Hall–Kier alpha value is -0.660. The van der Waals surface area contributed by atoms with Crippen LogP contribution in [-0.2, 0) is 16.6 Å². The maximum Gasteiger partial charge on any atom is 0.208 e. The van der Waals surface area contributed by atoms with Gasteiger partial charge in [-0.1, -0.05) is 0 Å². The number of sulfonamides is 1. The van der Waals surface area contributed by atoms with E-state index in [9.17, 15) is 8.42 Å². The van der Waals surface area contributed by atoms with Crippen LogP contribution < -0.4 is 4.72 Å². The highest BCUT2D eigenvalue weighted by Crippen LogP contribution is 1.98. The fourth-order valence-corrected chi connectivity index (χ4v) is 2.06. The first-order valence-corrected chi connectivity index (χ1v) is 6.89. The summed E-state index contributed by atoms with van der Waals surface area (Å²) in [6, 6.07) is 0. The Bertz CT molecular complexity index is 472. The molecule has 86 valence electrons. The van der Waals surface area contributed by atoms with Gasteiger partial charge in [-0.25, -0.2) is 13.1 Å². The van der Waals surface area contributed by atoms with Crippen molar-refractivity contribution in [2.45, 2.75) is 19.9 Å². The van der Waals surface area contributed by atoms with Gasteiger partial charge in [0.15, 0.2) is 4.77 Å². The molecule has 0 fully saturated rings. The highest BCUT2D eigenvalue weighted by atomic mass is 32.2. The Kier molecular flexibility index (Phi) is 4.06. The second-order valence-corrected chi connectivity index (χ2v) is 5.68. The summed E-state index contributed by atoms with van der Waals surface area (Å²) < 4.78 is 26.5. The number of aromatic amines is 1. The number of aromatic nitrogens is 2. The Labute approximate surface area is 94.6 Å². The van der Waals surface area contributed by atoms with Gasteiger partial charge in [0, 0.05) is 25.0 Å². The molecule has 0 bridgehead atoms. The molecule has 0 aromatic carbocycles. The predicted molar refractivity (Wildman–Crippen MR) is 61.8 cm³/mol. The SMILES string of the molecule is Cc1cn(CCCNS(C)(=O)=O)c(=S)[nH]1. The van der Waals surface area contributed by atoms with Gasteiger partial charge in [-0.15, -0.1) is 0 Å². The minimum Gasteiger partial charge on any atom is -0.335 e. The van der Waals surface area contributed by atoms with Gasteiger partial charge >= 0.3 is 0 Å². The van der Waals surface area contributed by atoms with Gasteiger partial charge in [0.25, 0.3) is 0 Å². The molecule has 0 aliphatic rings. The van der Waals surface area contributed by atoms with Crippen LogP contribution in [-0.4, -0.2) is 30.8 Å². The minimum atomic E-state index is -3.08. The van der Waals surface area contributed by atoms with Crippen molar-refractivity contribution in [2.24, 2.45) is 0 Å². The molecule has 7 heteroatoms. The van der Waals surface area contributed by atoms with Gasteiger partial charge in [-0.05, 0) is 25.6 Å². The molecule has 0 saturated carbocycles. The molecule has 0 spiro atoms. The van der Waals surface area contributed by atoms with Crippen molar-refractivity contribution < 1.29 is 8.42 Å². The van der Waals surface area contributed by atoms with E-state index >= 15 is 0 Å². The highest BCUT2D eigenvalue weighted by molar-refractivity contribution is 7.88. The van der Waals surface area contributed by atoms with Crippen LogP contribution in [0.1, 0.15) is 12.1 Å². The van der Waals surface area contributed by atoms with E-state index in [1.807, 2.05) is 17.7 Å². The smallest absolute Gasteiger partial charge is 0.208 e. The number of hydrogen-bond acceptors (Lipinski definition) is 3. The number of H-pyrrole nitrogens is 1. The van der Waals surface area contributed by atoms with E-state index in [1.54, 1.807) is 0 Å². The van der Waals surface area contributed by atoms with E-state index in [-0.39, 0.29) is 0 Å². The predicted octanol–water partition coefficient (Wildman–Crippen LogP) is 0.793. The second-order valence-electron chi connectivity index (χ2n) is 3.46. The number of nitrogens with one attached hydrogen (secondary N) is 2. The molecule has 0 aliphatic carbocycles. The van der Waals surface area contributed by atoms with E-state index in [0.717, 1.165) is 18.4 Å². The molecule has 0 aliphatic heterocycles. The van der Waals surface area contributed by atoms with E-state index in [4.69, 9.17) is 12.2 Å². The van der Waals surface area contributed by atoms with Crippen LogP contribution in [0.5, 0.6) is 0 Å². The Morgan fingerprint density at radius 1 is 1.60 bits per heavy atom. The molecule has 1 aromatic heterocycles. The molecule has 0 unspecified atom stereocenters. The quantitative estimate of drug-likeness (QED) is 0.599. The summed E-state index contributed by atoms with van der Waals surface area (Å²) >= 11 is 5.06. The first kappa shape index (κ1) is 12.4. The summed E-state index contributed by atoms with van der Waals surface area (Å²) in [4.78, 5) is 3.00. The fourth-order valence-electron chi connectivity index (χ4n) is 1.24. The van der Waals surface area contributed by atoms with Crippen molar-refractivity contribution in [1.82, 2.24) is 14.3 Å². The molecule has 0 amide bonds. The minimum absolute atomic E-state index is 0.435. The van der Waals surface area contributed by atoms with Crippen molar-refractivity contribution >= 4 is 22.2 Å². The Morgan fingerprint density at radius 2 is 2.27 bits per heavy atom. The van der Waals surface area contributed by atoms with Gasteiger partial charge in [0.1, 0.15) is 0 Å². The third-order valence-corrected chi connectivity index (χ3v) is 2.92. The molecule has 5 nitrogen and oxygen atoms in total. The lowest BCUT2D eigenvalue weighted by Crippen LogP contribution is -2.23. The zero-order valence-electron chi connectivity index (χ0n) is 8.78. The van der Waals surface area contributed by atoms with Crippen LogP contribution >= 0.6 is 12.2 Å². The lowest BCUT2D eigenvalue weighted by Gasteiger charge is -2.03. The topological polar surface area (TPSA) is 66.9 Å². The normalized spacial score (nSPS) is 11.9. The largest absolute Gasteiger partial charge is 0.335 e. The molecule has 1 aromatic rings. The highest BCUT2D eigenvalue weighted by Gasteiger charge is 2.00. The van der Waals surface area contributed by atoms with Crippen LogP contribution in [0.25, 0.3) is 0 Å². The van der Waals surface area contributed by atoms with Crippen LogP contribution in [0.2, 0.25) is 0 Å². The molecular formula is C8H15N3O2S2. The Balaban J connectivity index is 2.39. The lowest BCUT2D eigenvalue weighted by molar-refractivity contribution is 0.574. The van der Waals surface area contributed by atoms with E-state index in [2.05, 4.69) is 9.71 Å². The lowest BCUT2D eigenvalue weighted by atomic mass is 10.4. The first-order chi connectivity index (χ1) is 6.88. The fraction of sp³-hybridized carbons (Fsp3) is 0.625. The van der Waals surface area contributed by atoms with Crippen molar-refractivity contribution in [3.63, 3.8) is 0 Å². The maximum atomic E-state index is 10.8. The monoisotopic (exact) mass is 249 g/mol. The second kappa shape index (κ2) is 4.91. The average Bonchev–Trinajstić information content (AvgIpc) is 2.37. The zero-order chi connectivity index (χ0) is 11.5. The summed E-state index contributed by atoms with van der Waals surface area (Å²) in [5.74, 6) is 0. The van der Waals surface area contributed by atoms with Crippen molar-refractivity contribution in [1.29, 1.82) is 0 Å². The summed E-state index contributed by atoms with van der Waals surface area (Å²) in [6.45, 7) is 3.08. The van der Waals surface area contributed by atoms with Crippen LogP contribution in [0.4, 0.5) is 0 Å². The average molecular weight is 249 g/mol. The molecule has 15 heavy (non-hydrogen) atoms. The number of imidazole rings is 1. The van der Waals surface area contributed by atoms with Gasteiger partial charge in [0.2, 0.25) is 10.0 Å². The number of rotatable bonds is 5. The number of aryl methyl sites for hydroxylation is 2. The van der Waals surface area contributed by atoms with E-state index in [0.29, 0.717) is 17.9 Å². The molecule has 0 saturated heterocycles. The summed E-state index contributed by atoms with van der Waals surface area (Å²) in [7, 11) is -3.08. The van der Waals surface area contributed by atoms with Crippen LogP contribution in [0.15, 0.2) is 6.20 Å². The molecule has 1 rings (SSSR count). The first-order valence-electron chi connectivity index (χ1n) is 4.59. The maximum absolute atomic E-state index is 10.8. The van der Waals surface area contributed by atoms with Crippen molar-refractivity contribution in [3.05, 3.63) is 16.7 Å². The summed E-state index contributed by atoms with van der Waals surface area (Å²) in [5.41, 5.74) is 1.01. The van der Waals surface area contributed by atoms with Gasteiger partial charge in [-0.3, -0.25) is 0 Å². The molecule has 0 atom stereocenters. The van der Waals surface area contributed by atoms with Crippen molar-refractivity contribution in [3.8, 4) is 0 Å². The Morgan fingerprint density at radius 3 is 2.73 bits per heavy atom. The van der Waals surface area contributed by atoms with E-state index in [1.165, 1.54) is 0 Å². The van der Waals surface area contributed by atoms with Gasteiger partial charge in [-0.2, -0.15) is 0 Å². The van der Waals surface area contributed by atoms with E-state index < -0.39 is 10.0 Å². The number of nitrogens with zero attached hydrogens (tertiary/aromatic N) is 1. The summed E-state index contributed by atoms with van der Waals surface area (Å²) in [6.07, 6.45) is 3.79. The number of hydrogen-bond donors (Lipinski definition) is 2. The van der Waals surface area contributed by atoms with Gasteiger partial charge in [0.05, 0.1) is 6.26 Å². The molecule has 1 heterocycles. The standard InChI is InChI=1S/C8H15N3O2S2/c1-7-6-11(8(14)10-7)5-3-4-9-15(2,12)13/h6,9H,3-5H2,1-2H3,(H,10,14). The molecular weight excluding hydrogens is 234 g/mol. The van der Waals surface area contributed by atoms with Crippen LogP contribution in [0, 0.1) is 11.7 Å². The van der Waals surface area contributed by atoms with Crippen LogP contribution in [0.3, 0.4) is 0 Å². The zero-order valence-corrected chi connectivity index (χ0v) is 10.4. The third-order valence-electron chi connectivity index (χ3n) is 1.85.